The zero-order valence-electron chi connectivity index (χ0n) is 11.1. The van der Waals surface area contributed by atoms with E-state index in [0.717, 1.165) is 6.54 Å². The van der Waals surface area contributed by atoms with Crippen molar-refractivity contribution in [2.45, 2.75) is 18.7 Å². The lowest BCUT2D eigenvalue weighted by Crippen LogP contribution is -2.34. The van der Waals surface area contributed by atoms with Gasteiger partial charge in [-0.3, -0.25) is 0 Å². The number of nitrogens with zero attached hydrogens (tertiary/aromatic N) is 2. The molecule has 102 valence electrons. The van der Waals surface area contributed by atoms with E-state index in [1.807, 2.05) is 4.90 Å². The van der Waals surface area contributed by atoms with Gasteiger partial charge in [0.15, 0.2) is 9.84 Å². The van der Waals surface area contributed by atoms with Gasteiger partial charge in [0, 0.05) is 32.1 Å². The lowest BCUT2D eigenvalue weighted by atomic mass is 10.2. The van der Waals surface area contributed by atoms with Crippen molar-refractivity contribution in [2.75, 3.05) is 30.8 Å². The molecule has 0 fully saturated rings. The first-order valence-electron chi connectivity index (χ1n) is 5.96. The summed E-state index contributed by atoms with van der Waals surface area (Å²) in [6.45, 7) is 5.94. The van der Waals surface area contributed by atoms with Crippen LogP contribution in [0.25, 0.3) is 0 Å². The van der Waals surface area contributed by atoms with E-state index in [9.17, 15) is 8.42 Å². The molecule has 18 heavy (non-hydrogen) atoms. The zero-order chi connectivity index (χ0) is 13.8. The Morgan fingerprint density at radius 2 is 2.11 bits per heavy atom. The number of hydrogen-bond acceptors (Lipinski definition) is 5. The third-order valence-corrected chi connectivity index (χ3v) is 3.55. The van der Waals surface area contributed by atoms with E-state index in [0.29, 0.717) is 24.8 Å². The topological polar surface area (TPSA) is 76.3 Å². The highest BCUT2D eigenvalue weighted by Crippen LogP contribution is 2.22. The minimum Gasteiger partial charge on any atom is -0.354 e. The maximum absolute atomic E-state index is 11.8. The summed E-state index contributed by atoms with van der Waals surface area (Å²) >= 11 is 0. The van der Waals surface area contributed by atoms with Crippen molar-refractivity contribution in [3.63, 3.8) is 0 Å². The number of aromatic nitrogens is 1. The molecule has 0 saturated carbocycles. The Bertz CT molecular complexity index is 486. The molecule has 0 saturated heterocycles. The molecule has 0 amide bonds. The van der Waals surface area contributed by atoms with Crippen molar-refractivity contribution in [1.29, 1.82) is 0 Å². The summed E-state index contributed by atoms with van der Waals surface area (Å²) in [6, 6.07) is 3.22. The number of anilines is 1. The number of nitrogens with two attached hydrogens (primary N) is 1. The molecule has 0 bridgehead atoms. The van der Waals surface area contributed by atoms with Crippen molar-refractivity contribution >= 4 is 15.7 Å². The van der Waals surface area contributed by atoms with Gasteiger partial charge in [0.25, 0.3) is 0 Å². The van der Waals surface area contributed by atoms with Gasteiger partial charge in [-0.2, -0.15) is 0 Å². The van der Waals surface area contributed by atoms with Crippen LogP contribution in [0.5, 0.6) is 0 Å². The highest BCUT2D eigenvalue weighted by Gasteiger charge is 2.19. The first-order valence-corrected chi connectivity index (χ1v) is 7.85. The Morgan fingerprint density at radius 1 is 1.44 bits per heavy atom. The Labute approximate surface area is 109 Å². The van der Waals surface area contributed by atoms with E-state index in [1.54, 1.807) is 18.3 Å². The molecule has 5 nitrogen and oxygen atoms in total. The number of pyridine rings is 1. The van der Waals surface area contributed by atoms with Crippen LogP contribution in [0, 0.1) is 5.92 Å². The fourth-order valence-electron chi connectivity index (χ4n) is 1.79. The molecule has 0 atom stereocenters. The third-order valence-electron chi connectivity index (χ3n) is 2.43. The molecule has 0 aliphatic carbocycles. The molecule has 1 aromatic heterocycles. The molecule has 0 aromatic carbocycles. The van der Waals surface area contributed by atoms with Crippen LogP contribution in [-0.2, 0) is 9.84 Å². The minimum absolute atomic E-state index is 0.263. The molecule has 0 aliphatic heterocycles. The summed E-state index contributed by atoms with van der Waals surface area (Å²) in [6.07, 6.45) is 2.80. The van der Waals surface area contributed by atoms with Crippen LogP contribution in [0.4, 0.5) is 5.82 Å². The van der Waals surface area contributed by atoms with E-state index in [1.165, 1.54) is 6.26 Å². The second-order valence-electron chi connectivity index (χ2n) is 4.73. The maximum Gasteiger partial charge on any atom is 0.179 e. The van der Waals surface area contributed by atoms with Crippen LogP contribution in [-0.4, -0.2) is 39.3 Å². The maximum atomic E-state index is 11.8. The predicted molar refractivity (Wildman–Crippen MR) is 73.5 cm³/mol. The number of rotatable bonds is 6. The van der Waals surface area contributed by atoms with Crippen LogP contribution in [0.15, 0.2) is 23.2 Å². The predicted octanol–water partition coefficient (Wildman–Crippen LogP) is 0.906. The Balaban J connectivity index is 3.19. The van der Waals surface area contributed by atoms with Gasteiger partial charge < -0.3 is 10.6 Å². The van der Waals surface area contributed by atoms with Gasteiger partial charge in [-0.25, -0.2) is 13.4 Å². The zero-order valence-corrected chi connectivity index (χ0v) is 11.9. The molecule has 1 heterocycles. The average molecular weight is 271 g/mol. The van der Waals surface area contributed by atoms with Crippen LogP contribution in [0.2, 0.25) is 0 Å². The molecular formula is C12H21N3O2S. The van der Waals surface area contributed by atoms with Crippen molar-refractivity contribution in [2.24, 2.45) is 11.7 Å². The first-order chi connectivity index (χ1) is 8.36. The molecule has 0 unspecified atom stereocenters. The smallest absolute Gasteiger partial charge is 0.179 e. The van der Waals surface area contributed by atoms with Gasteiger partial charge in [-0.1, -0.05) is 13.8 Å². The molecule has 1 aromatic rings. The monoisotopic (exact) mass is 271 g/mol. The van der Waals surface area contributed by atoms with Crippen molar-refractivity contribution in [1.82, 2.24) is 4.98 Å². The van der Waals surface area contributed by atoms with Gasteiger partial charge in [0.2, 0.25) is 0 Å². The Kier molecular flexibility index (Phi) is 5.10. The number of hydrogen-bond donors (Lipinski definition) is 1. The second kappa shape index (κ2) is 6.15. The Morgan fingerprint density at radius 3 is 2.61 bits per heavy atom. The second-order valence-corrected chi connectivity index (χ2v) is 6.71. The van der Waals surface area contributed by atoms with E-state index in [2.05, 4.69) is 18.8 Å². The molecule has 6 heteroatoms. The van der Waals surface area contributed by atoms with E-state index < -0.39 is 9.84 Å². The molecule has 0 spiro atoms. The SMILES string of the molecule is CC(C)CN(CCN)c1ncccc1S(C)(=O)=O. The van der Waals surface area contributed by atoms with E-state index >= 15 is 0 Å². The fraction of sp³-hybridized carbons (Fsp3) is 0.583. The summed E-state index contributed by atoms with van der Waals surface area (Å²) in [5, 5.41) is 0. The summed E-state index contributed by atoms with van der Waals surface area (Å²) < 4.78 is 23.5. The minimum atomic E-state index is -3.28. The van der Waals surface area contributed by atoms with Crippen LogP contribution >= 0.6 is 0 Å². The first kappa shape index (κ1) is 14.9. The van der Waals surface area contributed by atoms with Gasteiger partial charge in [0.05, 0.1) is 0 Å². The van der Waals surface area contributed by atoms with E-state index in [-0.39, 0.29) is 4.90 Å². The highest BCUT2D eigenvalue weighted by molar-refractivity contribution is 7.90. The third kappa shape index (κ3) is 3.96. The summed E-state index contributed by atoms with van der Waals surface area (Å²) in [5.41, 5.74) is 5.58. The van der Waals surface area contributed by atoms with Crippen LogP contribution < -0.4 is 10.6 Å². The summed E-state index contributed by atoms with van der Waals surface area (Å²) in [5.74, 6) is 0.908. The van der Waals surface area contributed by atoms with Crippen molar-refractivity contribution in [3.8, 4) is 0 Å². The largest absolute Gasteiger partial charge is 0.354 e. The number of sulfone groups is 1. The average Bonchev–Trinajstić information content (AvgIpc) is 2.27. The molecule has 0 aliphatic rings. The van der Waals surface area contributed by atoms with Gasteiger partial charge in [-0.05, 0) is 18.1 Å². The highest BCUT2D eigenvalue weighted by atomic mass is 32.2. The van der Waals surface area contributed by atoms with Crippen LogP contribution in [0.1, 0.15) is 13.8 Å². The molecule has 2 N–H and O–H groups in total. The van der Waals surface area contributed by atoms with Crippen LogP contribution in [0.3, 0.4) is 0 Å². The summed E-state index contributed by atoms with van der Waals surface area (Å²) in [7, 11) is -3.28. The lowest BCUT2D eigenvalue weighted by molar-refractivity contribution is 0.591. The lowest BCUT2D eigenvalue weighted by Gasteiger charge is -2.26. The molecule has 0 radical (unpaired) electrons. The standard InChI is InChI=1S/C12H21N3O2S/c1-10(2)9-15(8-6-13)12-11(18(3,16)17)5-4-7-14-12/h4-5,7,10H,6,8-9,13H2,1-3H3. The normalized spacial score (nSPS) is 11.8. The van der Waals surface area contributed by atoms with E-state index in [4.69, 9.17) is 5.73 Å². The molecular weight excluding hydrogens is 250 g/mol. The van der Waals surface area contributed by atoms with Gasteiger partial charge >= 0.3 is 0 Å². The van der Waals surface area contributed by atoms with Gasteiger partial charge in [-0.15, -0.1) is 0 Å². The molecule has 1 rings (SSSR count). The van der Waals surface area contributed by atoms with Crippen molar-refractivity contribution in [3.05, 3.63) is 18.3 Å². The van der Waals surface area contributed by atoms with Crippen molar-refractivity contribution < 1.29 is 8.42 Å². The fourth-order valence-corrected chi connectivity index (χ4v) is 2.63. The quantitative estimate of drug-likeness (QED) is 0.832. The van der Waals surface area contributed by atoms with Gasteiger partial charge in [0.1, 0.15) is 10.7 Å². The Hall–Kier alpha value is -1.14. The summed E-state index contributed by atoms with van der Waals surface area (Å²) in [4.78, 5) is 6.40.